The third-order valence-electron chi connectivity index (χ3n) is 4.70. The van der Waals surface area contributed by atoms with Crippen LogP contribution >= 0.6 is 0 Å². The third kappa shape index (κ3) is 4.71. The molecule has 1 amide bonds. The minimum Gasteiger partial charge on any atom is -0.493 e. The molecule has 1 aliphatic rings. The van der Waals surface area contributed by atoms with Gasteiger partial charge in [-0.05, 0) is 25.7 Å². The topological polar surface area (TPSA) is 108 Å². The molecule has 0 spiro atoms. The molecule has 1 atom stereocenters. The Hall–Kier alpha value is -2.84. The summed E-state index contributed by atoms with van der Waals surface area (Å²) < 4.78 is 15.7. The Labute approximate surface area is 163 Å². The van der Waals surface area contributed by atoms with Crippen LogP contribution in [0.25, 0.3) is 0 Å². The van der Waals surface area contributed by atoms with Gasteiger partial charge in [-0.2, -0.15) is 0 Å². The van der Waals surface area contributed by atoms with E-state index in [1.54, 1.807) is 0 Å². The lowest BCUT2D eigenvalue weighted by molar-refractivity contribution is -0.385. The predicted octanol–water partition coefficient (Wildman–Crippen LogP) is 2.95. The first kappa shape index (κ1) is 21.5. The number of hydrogen-bond donors (Lipinski definition) is 0. The average molecular weight is 394 g/mol. The fourth-order valence-corrected chi connectivity index (χ4v) is 3.18. The lowest BCUT2D eigenvalue weighted by atomic mass is 10.00. The van der Waals surface area contributed by atoms with Crippen molar-refractivity contribution in [2.45, 2.75) is 45.1 Å². The molecular formula is C19H26N2O7. The lowest BCUT2D eigenvalue weighted by Gasteiger charge is -2.33. The van der Waals surface area contributed by atoms with Gasteiger partial charge in [0.25, 0.3) is 11.6 Å². The molecule has 1 aromatic rings. The molecule has 1 saturated heterocycles. The van der Waals surface area contributed by atoms with Gasteiger partial charge in [-0.25, -0.2) is 4.79 Å². The van der Waals surface area contributed by atoms with E-state index in [0.29, 0.717) is 26.0 Å². The molecule has 9 nitrogen and oxygen atoms in total. The molecule has 1 fully saturated rings. The van der Waals surface area contributed by atoms with Crippen LogP contribution in [0.15, 0.2) is 12.1 Å². The SMILES string of the molecule is CCCCOc1cc([N+](=O)[O-])c(C(=O)N2CCCC[C@H]2C(=O)OC)cc1OC. The number of rotatable bonds is 8. The van der Waals surface area contributed by atoms with E-state index in [1.165, 1.54) is 31.3 Å². The number of benzene rings is 1. The normalized spacial score (nSPS) is 16.4. The van der Waals surface area contributed by atoms with Gasteiger partial charge in [0.15, 0.2) is 11.5 Å². The van der Waals surface area contributed by atoms with E-state index < -0.39 is 22.8 Å². The smallest absolute Gasteiger partial charge is 0.328 e. The maximum Gasteiger partial charge on any atom is 0.328 e. The van der Waals surface area contributed by atoms with Crippen molar-refractivity contribution in [1.82, 2.24) is 4.90 Å². The number of piperidine rings is 1. The summed E-state index contributed by atoms with van der Waals surface area (Å²) in [7, 11) is 2.66. The summed E-state index contributed by atoms with van der Waals surface area (Å²) in [6.07, 6.45) is 3.64. The number of ether oxygens (including phenoxy) is 3. The summed E-state index contributed by atoms with van der Waals surface area (Å²) in [5, 5.41) is 11.6. The number of nitro groups is 1. The average Bonchev–Trinajstić information content (AvgIpc) is 2.72. The molecule has 1 aliphatic heterocycles. The first-order valence-corrected chi connectivity index (χ1v) is 9.32. The van der Waals surface area contributed by atoms with E-state index in [0.717, 1.165) is 19.3 Å². The molecular weight excluding hydrogens is 368 g/mol. The maximum atomic E-state index is 13.1. The van der Waals surface area contributed by atoms with Crippen LogP contribution < -0.4 is 9.47 Å². The van der Waals surface area contributed by atoms with Gasteiger partial charge in [-0.15, -0.1) is 0 Å². The number of nitrogens with zero attached hydrogens (tertiary/aromatic N) is 2. The van der Waals surface area contributed by atoms with Crippen LogP contribution in [-0.4, -0.2) is 55.1 Å². The van der Waals surface area contributed by atoms with E-state index in [9.17, 15) is 19.7 Å². The Morgan fingerprint density at radius 2 is 2.00 bits per heavy atom. The summed E-state index contributed by atoms with van der Waals surface area (Å²) in [6.45, 7) is 2.71. The first-order chi connectivity index (χ1) is 13.4. The number of amides is 1. The van der Waals surface area contributed by atoms with Gasteiger partial charge in [0.05, 0.1) is 31.8 Å². The fraction of sp³-hybridized carbons (Fsp3) is 0.579. The molecule has 0 N–H and O–H groups in total. The largest absolute Gasteiger partial charge is 0.493 e. The van der Waals surface area contributed by atoms with Gasteiger partial charge in [-0.3, -0.25) is 14.9 Å². The Bertz CT molecular complexity index is 735. The van der Waals surface area contributed by atoms with Crippen molar-refractivity contribution < 1.29 is 28.7 Å². The number of nitro benzene ring substituents is 1. The van der Waals surface area contributed by atoms with E-state index in [1.807, 2.05) is 6.92 Å². The second kappa shape index (κ2) is 9.91. The highest BCUT2D eigenvalue weighted by Crippen LogP contribution is 2.36. The highest BCUT2D eigenvalue weighted by molar-refractivity contribution is 6.01. The molecule has 0 aliphatic carbocycles. The van der Waals surface area contributed by atoms with Crippen molar-refractivity contribution in [3.05, 3.63) is 27.8 Å². The Morgan fingerprint density at radius 1 is 1.25 bits per heavy atom. The number of methoxy groups -OCH3 is 2. The van der Waals surface area contributed by atoms with Crippen LogP contribution in [0.2, 0.25) is 0 Å². The minimum atomic E-state index is -0.752. The highest BCUT2D eigenvalue weighted by atomic mass is 16.6. The number of unbranched alkanes of at least 4 members (excludes halogenated alkanes) is 1. The van der Waals surface area contributed by atoms with Crippen LogP contribution in [0.4, 0.5) is 5.69 Å². The monoisotopic (exact) mass is 394 g/mol. The zero-order valence-electron chi connectivity index (χ0n) is 16.4. The number of carbonyl (C=O) groups excluding carboxylic acids is 2. The van der Waals surface area contributed by atoms with Crippen LogP contribution in [0.5, 0.6) is 11.5 Å². The first-order valence-electron chi connectivity index (χ1n) is 9.32. The van der Waals surface area contributed by atoms with Crippen molar-refractivity contribution in [3.63, 3.8) is 0 Å². The van der Waals surface area contributed by atoms with Crippen molar-refractivity contribution in [2.24, 2.45) is 0 Å². The molecule has 1 aromatic carbocycles. The molecule has 0 aromatic heterocycles. The summed E-state index contributed by atoms with van der Waals surface area (Å²) in [5.74, 6) is -0.679. The standard InChI is InChI=1S/C19H26N2O7/c1-4-5-10-28-17-12-15(21(24)25)13(11-16(17)26-2)18(22)20-9-7-6-8-14(20)19(23)27-3/h11-12,14H,4-10H2,1-3H3/t14-/m0/s1. The lowest BCUT2D eigenvalue weighted by Crippen LogP contribution is -2.48. The van der Waals surface area contributed by atoms with Gasteiger partial charge in [-0.1, -0.05) is 13.3 Å². The Balaban J connectivity index is 2.42. The second-order valence-electron chi connectivity index (χ2n) is 6.51. The molecule has 28 heavy (non-hydrogen) atoms. The molecule has 9 heteroatoms. The maximum absolute atomic E-state index is 13.1. The summed E-state index contributed by atoms with van der Waals surface area (Å²) in [6, 6.07) is 1.76. The molecule has 0 bridgehead atoms. The third-order valence-corrected chi connectivity index (χ3v) is 4.70. The van der Waals surface area contributed by atoms with Crippen molar-refractivity contribution in [2.75, 3.05) is 27.4 Å². The van der Waals surface area contributed by atoms with Gasteiger partial charge in [0.2, 0.25) is 0 Å². The minimum absolute atomic E-state index is 0.138. The zero-order chi connectivity index (χ0) is 20.7. The van der Waals surface area contributed by atoms with Crippen LogP contribution in [0.1, 0.15) is 49.4 Å². The summed E-state index contributed by atoms with van der Waals surface area (Å²) >= 11 is 0. The second-order valence-corrected chi connectivity index (χ2v) is 6.51. The van der Waals surface area contributed by atoms with Crippen LogP contribution in [-0.2, 0) is 9.53 Å². The number of hydrogen-bond acceptors (Lipinski definition) is 7. The summed E-state index contributed by atoms with van der Waals surface area (Å²) in [4.78, 5) is 37.5. The molecule has 0 unspecified atom stereocenters. The quantitative estimate of drug-likeness (QED) is 0.289. The molecule has 2 rings (SSSR count). The van der Waals surface area contributed by atoms with E-state index in [-0.39, 0.29) is 22.7 Å². The summed E-state index contributed by atoms with van der Waals surface area (Å²) in [5.41, 5.74) is -0.521. The van der Waals surface area contributed by atoms with Gasteiger partial charge < -0.3 is 19.1 Å². The molecule has 0 radical (unpaired) electrons. The van der Waals surface area contributed by atoms with Crippen LogP contribution in [0, 0.1) is 10.1 Å². The number of likely N-dealkylation sites (tertiary alicyclic amines) is 1. The molecule has 1 heterocycles. The highest BCUT2D eigenvalue weighted by Gasteiger charge is 2.36. The van der Waals surface area contributed by atoms with Gasteiger partial charge >= 0.3 is 5.97 Å². The van der Waals surface area contributed by atoms with E-state index >= 15 is 0 Å². The number of esters is 1. The Kier molecular flexibility index (Phi) is 7.60. The fourth-order valence-electron chi connectivity index (χ4n) is 3.18. The molecule has 154 valence electrons. The van der Waals surface area contributed by atoms with Crippen LogP contribution in [0.3, 0.4) is 0 Å². The predicted molar refractivity (Wildman–Crippen MR) is 101 cm³/mol. The van der Waals surface area contributed by atoms with Gasteiger partial charge in [0.1, 0.15) is 11.6 Å². The van der Waals surface area contributed by atoms with Crippen molar-refractivity contribution >= 4 is 17.6 Å². The van der Waals surface area contributed by atoms with Crippen molar-refractivity contribution in [3.8, 4) is 11.5 Å². The molecule has 0 saturated carbocycles. The van der Waals surface area contributed by atoms with E-state index in [4.69, 9.17) is 14.2 Å². The van der Waals surface area contributed by atoms with E-state index in [2.05, 4.69) is 0 Å². The zero-order valence-corrected chi connectivity index (χ0v) is 16.4. The Morgan fingerprint density at radius 3 is 2.61 bits per heavy atom. The van der Waals surface area contributed by atoms with Crippen molar-refractivity contribution in [1.29, 1.82) is 0 Å². The number of carbonyl (C=O) groups is 2. The van der Waals surface area contributed by atoms with Gasteiger partial charge in [0, 0.05) is 12.6 Å².